The Morgan fingerprint density at radius 2 is 1.64 bits per heavy atom. The van der Waals surface area contributed by atoms with Crippen LogP contribution in [0.15, 0.2) is 0 Å². The van der Waals surface area contributed by atoms with Gasteiger partial charge in [-0.05, 0) is 61.7 Å². The van der Waals surface area contributed by atoms with Crippen molar-refractivity contribution in [2.45, 2.75) is 44.9 Å². The summed E-state index contributed by atoms with van der Waals surface area (Å²) in [6.07, 6.45) is 9.07. The number of nitrogens with one attached hydrogen (secondary N) is 2. The second-order valence-corrected chi connectivity index (χ2v) is 7.69. The van der Waals surface area contributed by atoms with E-state index in [9.17, 15) is 4.79 Å². The molecule has 0 spiro atoms. The minimum absolute atomic E-state index is 0. The van der Waals surface area contributed by atoms with Crippen LogP contribution < -0.4 is 10.6 Å². The van der Waals surface area contributed by atoms with E-state index in [1.807, 2.05) is 0 Å². The highest BCUT2D eigenvalue weighted by Crippen LogP contribution is 2.61. The molecule has 0 aromatic rings. The van der Waals surface area contributed by atoms with Gasteiger partial charge in [-0.3, -0.25) is 4.79 Å². The normalized spacial score (nSPS) is 35.2. The molecule has 1 amide bonds. The first-order chi connectivity index (χ1) is 10.2. The van der Waals surface area contributed by atoms with Gasteiger partial charge in [0.1, 0.15) is 0 Å². The first-order valence-electron chi connectivity index (χ1n) is 8.65. The molecule has 0 radical (unpaired) electrons. The lowest BCUT2D eigenvalue weighted by Crippen LogP contribution is -2.48. The Balaban J connectivity index is 0.00000176. The van der Waals surface area contributed by atoms with Gasteiger partial charge < -0.3 is 15.4 Å². The van der Waals surface area contributed by atoms with Crippen molar-refractivity contribution in [1.82, 2.24) is 10.6 Å². The van der Waals surface area contributed by atoms with Crippen LogP contribution >= 0.6 is 12.4 Å². The molecule has 5 heteroatoms. The first kappa shape index (κ1) is 18.0. The van der Waals surface area contributed by atoms with Crippen LogP contribution in [-0.4, -0.2) is 39.3 Å². The third-order valence-corrected chi connectivity index (χ3v) is 5.81. The van der Waals surface area contributed by atoms with E-state index in [2.05, 4.69) is 10.6 Å². The van der Waals surface area contributed by atoms with Crippen molar-refractivity contribution in [2.75, 3.05) is 33.4 Å². The van der Waals surface area contributed by atoms with Gasteiger partial charge in [-0.2, -0.15) is 0 Å². The molecule has 0 aromatic carbocycles. The molecule has 4 fully saturated rings. The van der Waals surface area contributed by atoms with E-state index >= 15 is 0 Å². The van der Waals surface area contributed by atoms with Crippen LogP contribution in [0.25, 0.3) is 0 Å². The van der Waals surface area contributed by atoms with Crippen LogP contribution in [0.4, 0.5) is 0 Å². The lowest BCUT2D eigenvalue weighted by Gasteiger charge is -2.56. The molecule has 4 nitrogen and oxygen atoms in total. The summed E-state index contributed by atoms with van der Waals surface area (Å²) in [5.74, 6) is 3.06. The van der Waals surface area contributed by atoms with Crippen LogP contribution in [0.1, 0.15) is 44.9 Å². The van der Waals surface area contributed by atoms with Gasteiger partial charge in [0.25, 0.3) is 0 Å². The summed E-state index contributed by atoms with van der Waals surface area (Å²) >= 11 is 0. The molecule has 4 saturated carbocycles. The maximum Gasteiger partial charge on any atom is 0.220 e. The van der Waals surface area contributed by atoms with Gasteiger partial charge in [-0.1, -0.05) is 0 Å². The smallest absolute Gasteiger partial charge is 0.220 e. The van der Waals surface area contributed by atoms with Crippen molar-refractivity contribution in [1.29, 1.82) is 0 Å². The van der Waals surface area contributed by atoms with Crippen LogP contribution in [0.3, 0.4) is 0 Å². The topological polar surface area (TPSA) is 50.4 Å². The molecule has 4 bridgehead atoms. The molecule has 0 aliphatic heterocycles. The number of carbonyl (C=O) groups excluding carboxylic acids is 1. The molecule has 2 N–H and O–H groups in total. The summed E-state index contributed by atoms with van der Waals surface area (Å²) in [6.45, 7) is 3.13. The zero-order chi connectivity index (χ0) is 14.7. The molecule has 0 atom stereocenters. The van der Waals surface area contributed by atoms with Crippen molar-refractivity contribution >= 4 is 18.3 Å². The predicted octanol–water partition coefficient (Wildman–Crippen LogP) is 2.37. The second-order valence-electron chi connectivity index (χ2n) is 7.69. The van der Waals surface area contributed by atoms with Gasteiger partial charge in [0.05, 0.1) is 6.61 Å². The van der Waals surface area contributed by atoms with E-state index < -0.39 is 0 Å². The maximum atomic E-state index is 12.3. The van der Waals surface area contributed by atoms with Gasteiger partial charge in [0.15, 0.2) is 0 Å². The molecule has 0 unspecified atom stereocenters. The summed E-state index contributed by atoms with van der Waals surface area (Å²) in [4.78, 5) is 12.3. The van der Waals surface area contributed by atoms with Gasteiger partial charge in [0.2, 0.25) is 5.91 Å². The molecule has 128 valence electrons. The largest absolute Gasteiger partial charge is 0.383 e. The molecule has 4 rings (SSSR count). The number of hydrogen-bond acceptors (Lipinski definition) is 3. The van der Waals surface area contributed by atoms with Crippen molar-refractivity contribution in [3.8, 4) is 0 Å². The molecule has 22 heavy (non-hydrogen) atoms. The monoisotopic (exact) mass is 330 g/mol. The van der Waals surface area contributed by atoms with Crippen molar-refractivity contribution < 1.29 is 9.53 Å². The molecule has 0 aromatic heterocycles. The molecular weight excluding hydrogens is 300 g/mol. The van der Waals surface area contributed by atoms with Crippen LogP contribution in [0.2, 0.25) is 0 Å². The Hall–Kier alpha value is -0.320. The highest BCUT2D eigenvalue weighted by Gasteiger charge is 2.51. The van der Waals surface area contributed by atoms with E-state index in [-0.39, 0.29) is 18.3 Å². The number of carbonyl (C=O) groups is 1. The average Bonchev–Trinajstić information content (AvgIpc) is 2.40. The molecule has 4 aliphatic carbocycles. The molecule has 0 heterocycles. The van der Waals surface area contributed by atoms with Gasteiger partial charge in [-0.15, -0.1) is 12.4 Å². The lowest BCUT2D eigenvalue weighted by atomic mass is 9.49. The third kappa shape index (κ3) is 4.36. The summed E-state index contributed by atoms with van der Waals surface area (Å²) < 4.78 is 4.98. The SMILES string of the molecule is COCCNCCNC(=O)CC12CC3CC(CC(C3)C1)C2.Cl. The van der Waals surface area contributed by atoms with Gasteiger partial charge in [0, 0.05) is 33.2 Å². The summed E-state index contributed by atoms with van der Waals surface area (Å²) in [7, 11) is 1.70. The van der Waals surface area contributed by atoms with Gasteiger partial charge >= 0.3 is 0 Å². The summed E-state index contributed by atoms with van der Waals surface area (Å²) in [6, 6.07) is 0. The highest BCUT2D eigenvalue weighted by molar-refractivity contribution is 5.85. The predicted molar refractivity (Wildman–Crippen MR) is 90.2 cm³/mol. The number of amides is 1. The zero-order valence-electron chi connectivity index (χ0n) is 13.7. The number of ether oxygens (including phenoxy) is 1. The molecule has 0 saturated heterocycles. The number of methoxy groups -OCH3 is 1. The minimum Gasteiger partial charge on any atom is -0.383 e. The first-order valence-corrected chi connectivity index (χ1v) is 8.65. The number of rotatable bonds is 8. The number of halogens is 1. The van der Waals surface area contributed by atoms with Crippen LogP contribution in [-0.2, 0) is 9.53 Å². The van der Waals surface area contributed by atoms with E-state index in [0.29, 0.717) is 5.41 Å². The minimum atomic E-state index is 0. The molecule has 4 aliphatic rings. The Morgan fingerprint density at radius 3 is 2.18 bits per heavy atom. The highest BCUT2D eigenvalue weighted by atomic mass is 35.5. The van der Waals surface area contributed by atoms with Crippen LogP contribution in [0, 0.1) is 23.2 Å². The van der Waals surface area contributed by atoms with E-state index in [1.165, 1.54) is 38.5 Å². The Morgan fingerprint density at radius 1 is 1.05 bits per heavy atom. The fraction of sp³-hybridized carbons (Fsp3) is 0.941. The van der Waals surface area contributed by atoms with E-state index in [4.69, 9.17) is 4.74 Å². The maximum absolute atomic E-state index is 12.3. The molecular formula is C17H31ClN2O2. The van der Waals surface area contributed by atoms with E-state index in [0.717, 1.165) is 50.4 Å². The third-order valence-electron chi connectivity index (χ3n) is 5.81. The van der Waals surface area contributed by atoms with Crippen LogP contribution in [0.5, 0.6) is 0 Å². The zero-order valence-corrected chi connectivity index (χ0v) is 14.6. The van der Waals surface area contributed by atoms with Crippen molar-refractivity contribution in [2.24, 2.45) is 23.2 Å². The summed E-state index contributed by atoms with van der Waals surface area (Å²) in [5.41, 5.74) is 0.363. The lowest BCUT2D eigenvalue weighted by molar-refractivity contribution is -0.129. The average molecular weight is 331 g/mol. The second kappa shape index (κ2) is 7.98. The van der Waals surface area contributed by atoms with Crippen molar-refractivity contribution in [3.63, 3.8) is 0 Å². The van der Waals surface area contributed by atoms with Gasteiger partial charge in [-0.25, -0.2) is 0 Å². The fourth-order valence-corrected chi connectivity index (χ4v) is 5.50. The standard InChI is InChI=1S/C17H30N2O2.ClH/c1-21-5-4-18-2-3-19-16(20)12-17-9-13-6-14(10-17)8-15(7-13)11-17;/h13-15,18H,2-12H2,1H3,(H,19,20);1H. The Labute approximate surface area is 140 Å². The fourth-order valence-electron chi connectivity index (χ4n) is 5.50. The number of hydrogen-bond donors (Lipinski definition) is 2. The van der Waals surface area contributed by atoms with Crippen molar-refractivity contribution in [3.05, 3.63) is 0 Å². The Bertz CT molecular complexity index is 340. The summed E-state index contributed by atoms with van der Waals surface area (Å²) in [5, 5.41) is 6.35. The van der Waals surface area contributed by atoms with E-state index in [1.54, 1.807) is 7.11 Å². The quantitative estimate of drug-likeness (QED) is 0.672. The Kier molecular flexibility index (Phi) is 6.54.